The number of halogens is 1. The third-order valence-electron chi connectivity index (χ3n) is 5.39. The topological polar surface area (TPSA) is 84.2 Å². The number of nitrogens with zero attached hydrogens (tertiary/aromatic N) is 3. The van der Waals surface area contributed by atoms with E-state index in [1.807, 2.05) is 32.7 Å². The lowest BCUT2D eigenvalue weighted by atomic mass is 9.93. The van der Waals surface area contributed by atoms with Gasteiger partial charge in [0.05, 0.1) is 11.6 Å². The first-order valence-electron chi connectivity index (χ1n) is 9.72. The first-order chi connectivity index (χ1) is 14.1. The van der Waals surface area contributed by atoms with Crippen molar-refractivity contribution < 1.29 is 23.8 Å². The van der Waals surface area contributed by atoms with Crippen LogP contribution in [0.25, 0.3) is 17.1 Å². The molecule has 4 rings (SSSR count). The Morgan fingerprint density at radius 3 is 2.50 bits per heavy atom. The van der Waals surface area contributed by atoms with Crippen molar-refractivity contribution in [3.05, 3.63) is 34.1 Å². The van der Waals surface area contributed by atoms with Crippen LogP contribution in [0.4, 0.5) is 14.9 Å². The minimum absolute atomic E-state index is 0.00309. The lowest BCUT2D eigenvalue weighted by molar-refractivity contribution is 0.144. The van der Waals surface area contributed by atoms with Crippen molar-refractivity contribution >= 4 is 28.9 Å². The number of carbonyl (C=O) groups is 1. The van der Waals surface area contributed by atoms with Gasteiger partial charge < -0.3 is 28.9 Å². The first kappa shape index (κ1) is 20.2. The SMILES string of the molecule is CN1CCN(c2c(F)cc3c(=O)c(OC(=O)O)cn4c3c2OC(C(C)(C)C)=C4)CC1. The quantitative estimate of drug-likeness (QED) is 0.752. The summed E-state index contributed by atoms with van der Waals surface area (Å²) in [5, 5.41) is 8.98. The molecule has 1 aromatic heterocycles. The Hall–Kier alpha value is -3.07. The van der Waals surface area contributed by atoms with Crippen molar-refractivity contribution in [3.8, 4) is 11.5 Å². The zero-order valence-corrected chi connectivity index (χ0v) is 17.4. The Morgan fingerprint density at radius 2 is 1.90 bits per heavy atom. The van der Waals surface area contributed by atoms with E-state index < -0.39 is 22.8 Å². The van der Waals surface area contributed by atoms with Crippen LogP contribution in [0.5, 0.6) is 11.5 Å². The molecule has 1 N–H and O–H groups in total. The minimum Gasteiger partial charge on any atom is -0.455 e. The van der Waals surface area contributed by atoms with Gasteiger partial charge in [-0.05, 0) is 13.1 Å². The van der Waals surface area contributed by atoms with Gasteiger partial charge in [0, 0.05) is 37.8 Å². The van der Waals surface area contributed by atoms with Crippen molar-refractivity contribution in [2.45, 2.75) is 20.8 Å². The molecule has 0 saturated carbocycles. The molecular formula is C21H24FN3O5. The molecule has 9 heteroatoms. The summed E-state index contributed by atoms with van der Waals surface area (Å²) < 4.78 is 27.8. The van der Waals surface area contributed by atoms with Gasteiger partial charge in [0.15, 0.2) is 17.3 Å². The Kier molecular flexibility index (Phi) is 4.73. The third-order valence-corrected chi connectivity index (χ3v) is 5.39. The van der Waals surface area contributed by atoms with E-state index in [0.717, 1.165) is 19.2 Å². The molecule has 30 heavy (non-hydrogen) atoms. The molecule has 160 valence electrons. The van der Waals surface area contributed by atoms with Crippen LogP contribution in [0.3, 0.4) is 0 Å². The van der Waals surface area contributed by atoms with Gasteiger partial charge in [0.2, 0.25) is 5.43 Å². The van der Waals surface area contributed by atoms with E-state index in [2.05, 4.69) is 9.64 Å². The summed E-state index contributed by atoms with van der Waals surface area (Å²) in [5.41, 5.74) is -0.413. The summed E-state index contributed by atoms with van der Waals surface area (Å²) in [6, 6.07) is 1.14. The van der Waals surface area contributed by atoms with Gasteiger partial charge in [-0.25, -0.2) is 9.18 Å². The van der Waals surface area contributed by atoms with Gasteiger partial charge in [-0.15, -0.1) is 0 Å². The van der Waals surface area contributed by atoms with Gasteiger partial charge in [0.1, 0.15) is 17.0 Å². The number of pyridine rings is 1. The number of piperazine rings is 1. The fraction of sp³-hybridized carbons (Fsp3) is 0.429. The van der Waals surface area contributed by atoms with Gasteiger partial charge in [-0.2, -0.15) is 0 Å². The van der Waals surface area contributed by atoms with Crippen molar-refractivity contribution in [2.24, 2.45) is 5.41 Å². The summed E-state index contributed by atoms with van der Waals surface area (Å²) in [4.78, 5) is 27.9. The third kappa shape index (κ3) is 3.39. The molecule has 0 radical (unpaired) electrons. The minimum atomic E-state index is -1.61. The molecule has 2 aromatic rings. The van der Waals surface area contributed by atoms with Gasteiger partial charge >= 0.3 is 6.16 Å². The Labute approximate surface area is 172 Å². The molecule has 1 aromatic carbocycles. The summed E-state index contributed by atoms with van der Waals surface area (Å²) in [7, 11) is 2.01. The molecule has 1 saturated heterocycles. The maximum Gasteiger partial charge on any atom is 0.511 e. The highest BCUT2D eigenvalue weighted by molar-refractivity contribution is 5.94. The highest BCUT2D eigenvalue weighted by Crippen LogP contribution is 2.44. The molecule has 1 fully saturated rings. The van der Waals surface area contributed by atoms with Crippen LogP contribution < -0.4 is 19.8 Å². The van der Waals surface area contributed by atoms with E-state index in [1.165, 1.54) is 6.20 Å². The smallest absolute Gasteiger partial charge is 0.455 e. The highest BCUT2D eigenvalue weighted by Gasteiger charge is 2.32. The number of hydrogen-bond acceptors (Lipinski definition) is 6. The lowest BCUT2D eigenvalue weighted by Crippen LogP contribution is -2.45. The zero-order chi connectivity index (χ0) is 21.8. The molecule has 3 heterocycles. The van der Waals surface area contributed by atoms with Crippen molar-refractivity contribution in [3.63, 3.8) is 0 Å². The predicted molar refractivity (Wildman–Crippen MR) is 111 cm³/mol. The molecule has 0 amide bonds. The van der Waals surface area contributed by atoms with Crippen molar-refractivity contribution in [1.29, 1.82) is 0 Å². The average Bonchev–Trinajstić information content (AvgIpc) is 2.65. The van der Waals surface area contributed by atoms with E-state index >= 15 is 4.39 Å². The summed E-state index contributed by atoms with van der Waals surface area (Å²) in [6.07, 6.45) is 1.37. The first-order valence-corrected chi connectivity index (χ1v) is 9.72. The molecular weight excluding hydrogens is 393 g/mol. The summed E-state index contributed by atoms with van der Waals surface area (Å²) >= 11 is 0. The lowest BCUT2D eigenvalue weighted by Gasteiger charge is -2.37. The Bertz CT molecular complexity index is 1120. The second kappa shape index (κ2) is 7.02. The molecule has 8 nitrogen and oxygen atoms in total. The van der Waals surface area contributed by atoms with Crippen molar-refractivity contribution in [2.75, 3.05) is 38.1 Å². The molecule has 0 bridgehead atoms. The second-order valence-corrected chi connectivity index (χ2v) is 8.67. The number of likely N-dealkylation sites (N-methyl/N-ethyl adjacent to an activating group) is 1. The number of hydrogen-bond donors (Lipinski definition) is 1. The largest absolute Gasteiger partial charge is 0.511 e. The van der Waals surface area contributed by atoms with Crippen molar-refractivity contribution in [1.82, 2.24) is 9.47 Å². The molecule has 0 unspecified atom stereocenters. The van der Waals surface area contributed by atoms with Crippen LogP contribution in [-0.2, 0) is 0 Å². The molecule has 2 aliphatic heterocycles. The maximum absolute atomic E-state index is 15.3. The van der Waals surface area contributed by atoms with E-state index in [4.69, 9.17) is 9.84 Å². The van der Waals surface area contributed by atoms with E-state index in [-0.39, 0.29) is 16.9 Å². The number of carboxylic acid groups (broad SMARTS) is 1. The van der Waals surface area contributed by atoms with Gasteiger partial charge in [-0.3, -0.25) is 4.79 Å². The monoisotopic (exact) mass is 417 g/mol. The van der Waals surface area contributed by atoms with Crippen LogP contribution in [0, 0.1) is 11.2 Å². The number of benzene rings is 1. The zero-order valence-electron chi connectivity index (χ0n) is 17.4. The van der Waals surface area contributed by atoms with E-state index in [0.29, 0.717) is 30.1 Å². The normalized spacial score (nSPS) is 17.0. The maximum atomic E-state index is 15.3. The number of aromatic nitrogens is 1. The van der Waals surface area contributed by atoms with Crippen LogP contribution in [0.1, 0.15) is 20.8 Å². The number of anilines is 1. The number of rotatable bonds is 2. The molecule has 0 atom stereocenters. The molecule has 0 aliphatic carbocycles. The molecule has 2 aliphatic rings. The Morgan fingerprint density at radius 1 is 1.23 bits per heavy atom. The van der Waals surface area contributed by atoms with E-state index in [1.54, 1.807) is 10.8 Å². The molecule has 0 spiro atoms. The number of ether oxygens (including phenoxy) is 2. The van der Waals surface area contributed by atoms with Crippen LogP contribution in [0.2, 0.25) is 0 Å². The predicted octanol–water partition coefficient (Wildman–Crippen LogP) is 3.19. The van der Waals surface area contributed by atoms with Crippen LogP contribution in [-0.4, -0.2) is 54.0 Å². The standard InChI is InChI=1S/C21H24FN3O5/c1-21(2,3)15-11-25-10-14(29-20(27)28)18(26)12-9-13(22)17(19(30-15)16(12)25)24-7-5-23(4)6-8-24/h9-11H,5-8H2,1-4H3,(H,27,28). The van der Waals surface area contributed by atoms with Gasteiger partial charge in [0.25, 0.3) is 0 Å². The summed E-state index contributed by atoms with van der Waals surface area (Å²) in [6.45, 7) is 8.64. The Balaban J connectivity index is 2.00. The van der Waals surface area contributed by atoms with E-state index in [9.17, 15) is 9.59 Å². The number of allylic oxidation sites excluding steroid dienone is 1. The fourth-order valence-electron chi connectivity index (χ4n) is 3.72. The summed E-state index contributed by atoms with van der Waals surface area (Å²) in [5.74, 6) is -0.157. The average molecular weight is 417 g/mol. The van der Waals surface area contributed by atoms with Crippen LogP contribution in [0.15, 0.2) is 22.8 Å². The van der Waals surface area contributed by atoms with Gasteiger partial charge in [-0.1, -0.05) is 20.8 Å². The fourth-order valence-corrected chi connectivity index (χ4v) is 3.72. The highest BCUT2D eigenvalue weighted by atomic mass is 19.1. The van der Waals surface area contributed by atoms with Crippen LogP contribution >= 0.6 is 0 Å². The second-order valence-electron chi connectivity index (χ2n) is 8.67.